The summed E-state index contributed by atoms with van der Waals surface area (Å²) in [4.78, 5) is 0. The van der Waals surface area contributed by atoms with E-state index in [1.807, 2.05) is 0 Å². The van der Waals surface area contributed by atoms with E-state index >= 15 is 0 Å². The molecule has 1 aliphatic carbocycles. The summed E-state index contributed by atoms with van der Waals surface area (Å²) in [7, 11) is 2.10. The second-order valence-electron chi connectivity index (χ2n) is 6.29. The fourth-order valence-corrected chi connectivity index (χ4v) is 2.87. The summed E-state index contributed by atoms with van der Waals surface area (Å²) >= 11 is 0. The van der Waals surface area contributed by atoms with Crippen molar-refractivity contribution < 1.29 is 0 Å². The van der Waals surface area contributed by atoms with Crippen LogP contribution in [-0.4, -0.2) is 7.05 Å². The fraction of sp³-hybridized carbons (Fsp3) is 0.625. The Morgan fingerprint density at radius 3 is 2.29 bits per heavy atom. The van der Waals surface area contributed by atoms with E-state index in [4.69, 9.17) is 0 Å². The molecule has 1 heteroatoms. The van der Waals surface area contributed by atoms with Gasteiger partial charge in [0.2, 0.25) is 0 Å². The largest absolute Gasteiger partial charge is 0.313 e. The van der Waals surface area contributed by atoms with Gasteiger partial charge in [0, 0.05) is 6.04 Å². The third-order valence-electron chi connectivity index (χ3n) is 4.04. The van der Waals surface area contributed by atoms with E-state index in [9.17, 15) is 0 Å². The maximum absolute atomic E-state index is 3.53. The van der Waals surface area contributed by atoms with Gasteiger partial charge in [-0.05, 0) is 42.3 Å². The van der Waals surface area contributed by atoms with Crippen LogP contribution in [0.1, 0.15) is 57.2 Å². The smallest absolute Gasteiger partial charge is 0.0349 e. The Bertz CT molecular complexity index is 371. The Kier molecular flexibility index (Phi) is 3.58. The lowest BCUT2D eigenvalue weighted by atomic mass is 9.73. The van der Waals surface area contributed by atoms with Crippen molar-refractivity contribution in [2.24, 2.45) is 5.92 Å². The molecule has 1 aromatic rings. The minimum atomic E-state index is 0.232. The van der Waals surface area contributed by atoms with Gasteiger partial charge in [-0.2, -0.15) is 0 Å². The normalized spacial score (nSPS) is 18.8. The molecule has 2 rings (SSSR count). The molecule has 0 radical (unpaired) electrons. The van der Waals surface area contributed by atoms with Crippen LogP contribution >= 0.6 is 0 Å². The first kappa shape index (κ1) is 12.6. The zero-order valence-corrected chi connectivity index (χ0v) is 11.6. The molecule has 1 unspecified atom stereocenters. The van der Waals surface area contributed by atoms with Gasteiger partial charge in [-0.15, -0.1) is 0 Å². The maximum Gasteiger partial charge on any atom is 0.0349 e. The van der Waals surface area contributed by atoms with Crippen molar-refractivity contribution in [3.8, 4) is 0 Å². The molecule has 0 bridgehead atoms. The van der Waals surface area contributed by atoms with Crippen molar-refractivity contribution >= 4 is 0 Å². The van der Waals surface area contributed by atoms with Crippen molar-refractivity contribution in [2.75, 3.05) is 7.05 Å². The standard InChI is InChI=1S/C16H25N/c1-16(2,3)14-11-6-5-10-13(14)15(17-4)12-8-7-9-12/h5-6,10-12,15,17H,7-9H2,1-4H3. The molecular formula is C16H25N. The predicted molar refractivity (Wildman–Crippen MR) is 74.3 cm³/mol. The number of rotatable bonds is 3. The Morgan fingerprint density at radius 1 is 1.18 bits per heavy atom. The van der Waals surface area contributed by atoms with E-state index in [2.05, 4.69) is 57.4 Å². The van der Waals surface area contributed by atoms with E-state index < -0.39 is 0 Å². The summed E-state index contributed by atoms with van der Waals surface area (Å²) in [6, 6.07) is 9.47. The summed E-state index contributed by atoms with van der Waals surface area (Å²) in [6.45, 7) is 6.91. The molecule has 1 nitrogen and oxygen atoms in total. The second kappa shape index (κ2) is 4.81. The monoisotopic (exact) mass is 231 g/mol. The zero-order chi connectivity index (χ0) is 12.5. The predicted octanol–water partition coefficient (Wildman–Crippen LogP) is 4.04. The van der Waals surface area contributed by atoms with Gasteiger partial charge in [0.25, 0.3) is 0 Å². The third kappa shape index (κ3) is 2.55. The van der Waals surface area contributed by atoms with E-state index in [-0.39, 0.29) is 5.41 Å². The quantitative estimate of drug-likeness (QED) is 0.827. The molecule has 0 heterocycles. The lowest BCUT2D eigenvalue weighted by Crippen LogP contribution is -2.32. The molecule has 94 valence electrons. The molecule has 1 aliphatic rings. The first-order valence-electron chi connectivity index (χ1n) is 6.80. The van der Waals surface area contributed by atoms with Crippen LogP contribution in [-0.2, 0) is 5.41 Å². The van der Waals surface area contributed by atoms with Crippen LogP contribution in [0.4, 0.5) is 0 Å². The minimum absolute atomic E-state index is 0.232. The fourth-order valence-electron chi connectivity index (χ4n) is 2.87. The SMILES string of the molecule is CNC(c1ccccc1C(C)(C)C)C1CCC1. The van der Waals surface area contributed by atoms with Crippen LogP contribution in [0.25, 0.3) is 0 Å². The maximum atomic E-state index is 3.53. The van der Waals surface area contributed by atoms with E-state index in [1.54, 1.807) is 0 Å². The topological polar surface area (TPSA) is 12.0 Å². The van der Waals surface area contributed by atoms with Crippen LogP contribution < -0.4 is 5.32 Å². The van der Waals surface area contributed by atoms with E-state index in [1.165, 1.54) is 30.4 Å². The third-order valence-corrected chi connectivity index (χ3v) is 4.04. The highest BCUT2D eigenvalue weighted by atomic mass is 14.9. The molecule has 0 saturated heterocycles. The van der Waals surface area contributed by atoms with Gasteiger partial charge in [0.05, 0.1) is 0 Å². The van der Waals surface area contributed by atoms with Gasteiger partial charge in [-0.1, -0.05) is 51.5 Å². The van der Waals surface area contributed by atoms with Gasteiger partial charge in [0.1, 0.15) is 0 Å². The highest BCUT2D eigenvalue weighted by Crippen LogP contribution is 2.40. The van der Waals surface area contributed by atoms with Gasteiger partial charge < -0.3 is 5.32 Å². The molecule has 1 saturated carbocycles. The first-order valence-corrected chi connectivity index (χ1v) is 6.80. The Morgan fingerprint density at radius 2 is 1.82 bits per heavy atom. The Hall–Kier alpha value is -0.820. The zero-order valence-electron chi connectivity index (χ0n) is 11.6. The van der Waals surface area contributed by atoms with Gasteiger partial charge in [0.15, 0.2) is 0 Å². The summed E-state index contributed by atoms with van der Waals surface area (Å²) in [5.74, 6) is 0.837. The lowest BCUT2D eigenvalue weighted by molar-refractivity contribution is 0.237. The molecule has 1 aromatic carbocycles. The van der Waals surface area contributed by atoms with Crippen molar-refractivity contribution in [2.45, 2.75) is 51.5 Å². The molecule has 0 aliphatic heterocycles. The highest BCUT2D eigenvalue weighted by molar-refractivity contribution is 5.35. The number of hydrogen-bond acceptors (Lipinski definition) is 1. The van der Waals surface area contributed by atoms with Gasteiger partial charge in [-0.25, -0.2) is 0 Å². The van der Waals surface area contributed by atoms with Crippen molar-refractivity contribution in [3.63, 3.8) is 0 Å². The van der Waals surface area contributed by atoms with Gasteiger partial charge >= 0.3 is 0 Å². The molecule has 17 heavy (non-hydrogen) atoms. The van der Waals surface area contributed by atoms with Crippen LogP contribution in [0.3, 0.4) is 0 Å². The molecular weight excluding hydrogens is 206 g/mol. The average Bonchev–Trinajstić information content (AvgIpc) is 2.22. The first-order chi connectivity index (χ1) is 8.04. The van der Waals surface area contributed by atoms with Gasteiger partial charge in [-0.3, -0.25) is 0 Å². The molecule has 1 N–H and O–H groups in total. The van der Waals surface area contributed by atoms with Crippen LogP contribution in [0.5, 0.6) is 0 Å². The Balaban J connectivity index is 2.35. The van der Waals surface area contributed by atoms with E-state index in [0.717, 1.165) is 5.92 Å². The lowest BCUT2D eigenvalue weighted by Gasteiger charge is -2.36. The highest BCUT2D eigenvalue weighted by Gasteiger charge is 2.30. The van der Waals surface area contributed by atoms with E-state index in [0.29, 0.717) is 6.04 Å². The summed E-state index contributed by atoms with van der Waals surface area (Å²) in [6.07, 6.45) is 4.16. The number of benzene rings is 1. The van der Waals surface area contributed by atoms with Crippen molar-refractivity contribution in [1.82, 2.24) is 5.32 Å². The summed E-state index contributed by atoms with van der Waals surface area (Å²) in [5, 5.41) is 3.53. The molecule has 0 spiro atoms. The van der Waals surface area contributed by atoms with Crippen molar-refractivity contribution in [3.05, 3.63) is 35.4 Å². The Labute approximate surface area is 106 Å². The average molecular weight is 231 g/mol. The molecule has 1 atom stereocenters. The second-order valence-corrected chi connectivity index (χ2v) is 6.29. The van der Waals surface area contributed by atoms with Crippen LogP contribution in [0.2, 0.25) is 0 Å². The molecule has 0 aromatic heterocycles. The van der Waals surface area contributed by atoms with Crippen LogP contribution in [0, 0.1) is 5.92 Å². The number of nitrogens with one attached hydrogen (secondary N) is 1. The molecule has 0 amide bonds. The van der Waals surface area contributed by atoms with Crippen LogP contribution in [0.15, 0.2) is 24.3 Å². The number of hydrogen-bond donors (Lipinski definition) is 1. The minimum Gasteiger partial charge on any atom is -0.313 e. The van der Waals surface area contributed by atoms with Crippen molar-refractivity contribution in [1.29, 1.82) is 0 Å². The molecule has 1 fully saturated rings. The summed E-state index contributed by atoms with van der Waals surface area (Å²) < 4.78 is 0. The summed E-state index contributed by atoms with van der Waals surface area (Å²) in [5.41, 5.74) is 3.23.